The molecule has 0 aromatic heterocycles. The Hall–Kier alpha value is -1.10. The van der Waals surface area contributed by atoms with Crippen molar-refractivity contribution < 1.29 is 14.3 Å². The molecule has 0 bridgehead atoms. The van der Waals surface area contributed by atoms with Gasteiger partial charge >= 0.3 is 0 Å². The fourth-order valence-corrected chi connectivity index (χ4v) is 3.24. The van der Waals surface area contributed by atoms with E-state index in [-0.39, 0.29) is 24.0 Å². The quantitative estimate of drug-likeness (QED) is 0.841. The van der Waals surface area contributed by atoms with Crippen molar-refractivity contribution in [1.29, 1.82) is 0 Å². The molecular formula is C15H24N2O3. The highest BCUT2D eigenvalue weighted by atomic mass is 16.5. The second-order valence-corrected chi connectivity index (χ2v) is 6.24. The summed E-state index contributed by atoms with van der Waals surface area (Å²) in [6.07, 6.45) is 6.64. The number of nitrogens with zero attached hydrogens (tertiary/aromatic N) is 1. The van der Waals surface area contributed by atoms with Gasteiger partial charge in [-0.05, 0) is 38.5 Å². The first-order valence-corrected chi connectivity index (χ1v) is 7.95. The van der Waals surface area contributed by atoms with Crippen LogP contribution in [-0.4, -0.2) is 48.6 Å². The molecule has 1 N–H and O–H groups in total. The second kappa shape index (κ2) is 6.12. The van der Waals surface area contributed by atoms with Crippen LogP contribution < -0.4 is 5.32 Å². The smallest absolute Gasteiger partial charge is 0.249 e. The Morgan fingerprint density at radius 1 is 1.00 bits per heavy atom. The van der Waals surface area contributed by atoms with Crippen LogP contribution in [0.2, 0.25) is 0 Å². The Morgan fingerprint density at radius 2 is 1.75 bits per heavy atom. The minimum atomic E-state index is -0.246. The van der Waals surface area contributed by atoms with Gasteiger partial charge < -0.3 is 15.0 Å². The maximum Gasteiger partial charge on any atom is 0.249 e. The van der Waals surface area contributed by atoms with Gasteiger partial charge in [0, 0.05) is 31.7 Å². The van der Waals surface area contributed by atoms with Gasteiger partial charge in [-0.2, -0.15) is 0 Å². The minimum Gasteiger partial charge on any atom is -0.368 e. The van der Waals surface area contributed by atoms with Crippen LogP contribution in [-0.2, 0) is 14.3 Å². The first-order valence-electron chi connectivity index (χ1n) is 7.95. The highest BCUT2D eigenvalue weighted by Gasteiger charge is 2.32. The average Bonchev–Trinajstić information content (AvgIpc) is 2.91. The number of carbonyl (C=O) groups excluding carboxylic acids is 2. The van der Waals surface area contributed by atoms with Crippen molar-refractivity contribution in [3.8, 4) is 0 Å². The van der Waals surface area contributed by atoms with Gasteiger partial charge in [-0.15, -0.1) is 0 Å². The molecule has 5 heteroatoms. The minimum absolute atomic E-state index is 0.0336. The van der Waals surface area contributed by atoms with Gasteiger partial charge in [-0.25, -0.2) is 0 Å². The molecule has 2 amide bonds. The van der Waals surface area contributed by atoms with E-state index in [2.05, 4.69) is 5.32 Å². The van der Waals surface area contributed by atoms with E-state index in [1.807, 2.05) is 4.90 Å². The molecular weight excluding hydrogens is 256 g/mol. The van der Waals surface area contributed by atoms with Gasteiger partial charge in [-0.1, -0.05) is 6.42 Å². The number of rotatable bonds is 3. The lowest BCUT2D eigenvalue weighted by atomic mass is 9.84. The first-order chi connectivity index (χ1) is 9.74. The molecule has 20 heavy (non-hydrogen) atoms. The largest absolute Gasteiger partial charge is 0.368 e. The van der Waals surface area contributed by atoms with Crippen molar-refractivity contribution in [2.75, 3.05) is 19.7 Å². The Bertz CT molecular complexity index is 367. The van der Waals surface area contributed by atoms with Gasteiger partial charge in [0.1, 0.15) is 6.10 Å². The molecule has 1 aliphatic carbocycles. The topological polar surface area (TPSA) is 58.6 Å². The fourth-order valence-electron chi connectivity index (χ4n) is 3.24. The highest BCUT2D eigenvalue weighted by molar-refractivity contribution is 5.81. The van der Waals surface area contributed by atoms with Crippen molar-refractivity contribution in [2.24, 2.45) is 5.92 Å². The zero-order chi connectivity index (χ0) is 13.9. The summed E-state index contributed by atoms with van der Waals surface area (Å²) in [6.45, 7) is 2.27. The molecule has 2 saturated heterocycles. The molecule has 0 aromatic rings. The lowest BCUT2D eigenvalue weighted by molar-refractivity contribution is -0.139. The van der Waals surface area contributed by atoms with Crippen LogP contribution in [0.4, 0.5) is 0 Å². The Labute approximate surface area is 120 Å². The van der Waals surface area contributed by atoms with E-state index in [1.54, 1.807) is 0 Å². The van der Waals surface area contributed by atoms with E-state index in [0.717, 1.165) is 51.6 Å². The summed E-state index contributed by atoms with van der Waals surface area (Å²) in [4.78, 5) is 26.1. The number of hydrogen-bond acceptors (Lipinski definition) is 3. The maximum absolute atomic E-state index is 12.1. The predicted molar refractivity (Wildman–Crippen MR) is 74.1 cm³/mol. The third-order valence-corrected chi connectivity index (χ3v) is 4.83. The van der Waals surface area contributed by atoms with Gasteiger partial charge in [0.25, 0.3) is 0 Å². The Balaban J connectivity index is 1.41. The van der Waals surface area contributed by atoms with Gasteiger partial charge in [0.2, 0.25) is 11.8 Å². The summed E-state index contributed by atoms with van der Waals surface area (Å²) in [7, 11) is 0. The third-order valence-electron chi connectivity index (χ3n) is 4.83. The summed E-state index contributed by atoms with van der Waals surface area (Å²) < 4.78 is 5.39. The average molecular weight is 280 g/mol. The zero-order valence-electron chi connectivity index (χ0n) is 12.0. The lowest BCUT2D eigenvalue weighted by Gasteiger charge is -2.37. The summed E-state index contributed by atoms with van der Waals surface area (Å²) in [5.41, 5.74) is 0. The third kappa shape index (κ3) is 2.97. The van der Waals surface area contributed by atoms with Gasteiger partial charge in [0.15, 0.2) is 0 Å². The highest BCUT2D eigenvalue weighted by Crippen LogP contribution is 2.29. The molecule has 112 valence electrons. The van der Waals surface area contributed by atoms with Crippen LogP contribution in [0.3, 0.4) is 0 Å². The summed E-state index contributed by atoms with van der Waals surface area (Å²) in [5, 5.41) is 3.08. The molecule has 0 radical (unpaired) electrons. The Kier molecular flexibility index (Phi) is 4.24. The van der Waals surface area contributed by atoms with Crippen molar-refractivity contribution in [3.63, 3.8) is 0 Å². The number of hydrogen-bond donors (Lipinski definition) is 1. The number of carbonyl (C=O) groups is 2. The molecule has 3 aliphatic rings. The van der Waals surface area contributed by atoms with Gasteiger partial charge in [-0.3, -0.25) is 9.59 Å². The molecule has 0 spiro atoms. The Morgan fingerprint density at radius 3 is 2.30 bits per heavy atom. The number of likely N-dealkylation sites (tertiary alicyclic amines) is 1. The number of amides is 2. The van der Waals surface area contributed by atoms with Crippen molar-refractivity contribution in [3.05, 3.63) is 0 Å². The van der Waals surface area contributed by atoms with Crippen LogP contribution in [0.25, 0.3) is 0 Å². The molecule has 0 aromatic carbocycles. The van der Waals surface area contributed by atoms with Crippen LogP contribution in [0.1, 0.15) is 44.9 Å². The molecule has 3 rings (SSSR count). The number of piperidine rings is 1. The summed E-state index contributed by atoms with van der Waals surface area (Å²) >= 11 is 0. The van der Waals surface area contributed by atoms with Crippen LogP contribution in [0.15, 0.2) is 0 Å². The van der Waals surface area contributed by atoms with Crippen molar-refractivity contribution >= 4 is 11.8 Å². The lowest BCUT2D eigenvalue weighted by Crippen LogP contribution is -2.50. The fraction of sp³-hybridized carbons (Fsp3) is 0.867. The number of nitrogens with one attached hydrogen (secondary N) is 1. The van der Waals surface area contributed by atoms with Crippen LogP contribution >= 0.6 is 0 Å². The van der Waals surface area contributed by atoms with Gasteiger partial charge in [0.05, 0.1) is 0 Å². The van der Waals surface area contributed by atoms with Crippen molar-refractivity contribution in [2.45, 2.75) is 57.1 Å². The second-order valence-electron chi connectivity index (χ2n) is 6.24. The first kappa shape index (κ1) is 13.9. The standard InChI is InChI=1S/C15H24N2O3/c18-14(13-5-2-10-20-13)16-12-6-8-17(9-7-12)15(19)11-3-1-4-11/h11-13H,1-10H2,(H,16,18). The van der Waals surface area contributed by atoms with E-state index >= 15 is 0 Å². The summed E-state index contributed by atoms with van der Waals surface area (Å²) in [5.74, 6) is 0.652. The summed E-state index contributed by atoms with van der Waals surface area (Å²) in [6, 6.07) is 0.206. The molecule has 3 fully saturated rings. The van der Waals surface area contributed by atoms with E-state index in [1.165, 1.54) is 6.42 Å². The molecule has 5 nitrogen and oxygen atoms in total. The number of ether oxygens (including phenoxy) is 1. The zero-order valence-corrected chi connectivity index (χ0v) is 12.0. The van der Waals surface area contributed by atoms with E-state index in [4.69, 9.17) is 4.74 Å². The molecule has 1 unspecified atom stereocenters. The normalized spacial score (nSPS) is 28.2. The molecule has 1 atom stereocenters. The maximum atomic E-state index is 12.1. The monoisotopic (exact) mass is 280 g/mol. The molecule has 2 heterocycles. The van der Waals surface area contributed by atoms with E-state index in [9.17, 15) is 9.59 Å². The van der Waals surface area contributed by atoms with Crippen LogP contribution in [0.5, 0.6) is 0 Å². The van der Waals surface area contributed by atoms with E-state index < -0.39 is 0 Å². The van der Waals surface area contributed by atoms with Crippen LogP contribution in [0, 0.1) is 5.92 Å². The molecule has 1 saturated carbocycles. The SMILES string of the molecule is O=C(NC1CCN(C(=O)C2CCC2)CC1)C1CCCO1. The predicted octanol–water partition coefficient (Wildman–Crippen LogP) is 1.07. The van der Waals surface area contributed by atoms with E-state index in [0.29, 0.717) is 12.5 Å². The molecule has 2 aliphatic heterocycles. The van der Waals surface area contributed by atoms with Crippen molar-refractivity contribution in [1.82, 2.24) is 10.2 Å².